The van der Waals surface area contributed by atoms with Crippen LogP contribution >= 0.6 is 0 Å². The Bertz CT molecular complexity index is 439. The number of ether oxygens (including phenoxy) is 2. The van der Waals surface area contributed by atoms with Gasteiger partial charge in [0.05, 0.1) is 0 Å². The van der Waals surface area contributed by atoms with Gasteiger partial charge in [-0.05, 0) is 57.8 Å². The molecular formula is C28H57NO4. The minimum Gasteiger partial charge on any atom is -0.385 e. The van der Waals surface area contributed by atoms with Gasteiger partial charge in [-0.3, -0.25) is 9.59 Å². The average Bonchev–Trinajstić information content (AvgIpc) is 2.86. The fraction of sp³-hybridized carbons (Fsp3) is 0.929. The Hall–Kier alpha value is -0.940. The van der Waals surface area contributed by atoms with Gasteiger partial charge in [-0.2, -0.15) is 0 Å². The van der Waals surface area contributed by atoms with Gasteiger partial charge in [0.25, 0.3) is 0 Å². The molecule has 33 heavy (non-hydrogen) atoms. The summed E-state index contributed by atoms with van der Waals surface area (Å²) in [6, 6.07) is 0.256. The van der Waals surface area contributed by atoms with Gasteiger partial charge in [-0.15, -0.1) is 0 Å². The summed E-state index contributed by atoms with van der Waals surface area (Å²) in [5.74, 6) is 1.71. The number of amides is 1. The molecule has 2 fully saturated rings. The first-order chi connectivity index (χ1) is 16.0. The van der Waals surface area contributed by atoms with Crippen molar-refractivity contribution in [1.82, 2.24) is 5.32 Å². The Morgan fingerprint density at radius 3 is 1.97 bits per heavy atom. The molecule has 0 aliphatic heterocycles. The number of nitrogens with one attached hydrogen (secondary N) is 1. The number of Topliss-reactive ketones (excluding diaryl/α,β-unsaturated/α-hetero) is 1. The number of carbonyl (C=O) groups excluding carboxylic acids is 2. The molecule has 0 unspecified atom stereocenters. The quantitative estimate of drug-likeness (QED) is 0.349. The molecule has 0 atom stereocenters. The second-order valence-electron chi connectivity index (χ2n) is 8.93. The lowest BCUT2D eigenvalue weighted by atomic mass is 9.80. The third kappa shape index (κ3) is 18.1. The van der Waals surface area contributed by atoms with Crippen LogP contribution in [0.3, 0.4) is 0 Å². The molecule has 0 aromatic rings. The minimum atomic E-state index is 0.107. The van der Waals surface area contributed by atoms with E-state index in [2.05, 4.69) is 12.2 Å². The summed E-state index contributed by atoms with van der Waals surface area (Å²) < 4.78 is 10.3. The van der Waals surface area contributed by atoms with Crippen LogP contribution in [-0.2, 0) is 19.1 Å². The lowest BCUT2D eigenvalue weighted by molar-refractivity contribution is -0.127. The highest BCUT2D eigenvalue weighted by Gasteiger charge is 2.28. The van der Waals surface area contributed by atoms with Crippen LogP contribution in [0.2, 0.25) is 0 Å². The molecule has 5 nitrogen and oxygen atoms in total. The molecule has 0 spiro atoms. The van der Waals surface area contributed by atoms with Gasteiger partial charge in [0.1, 0.15) is 5.78 Å². The van der Waals surface area contributed by atoms with Gasteiger partial charge in [-0.25, -0.2) is 0 Å². The van der Waals surface area contributed by atoms with Crippen molar-refractivity contribution in [3.63, 3.8) is 0 Å². The first kappa shape index (κ1) is 34.2. The number of hydrogen-bond acceptors (Lipinski definition) is 4. The number of rotatable bonds is 10. The van der Waals surface area contributed by atoms with E-state index < -0.39 is 0 Å². The van der Waals surface area contributed by atoms with Gasteiger partial charge in [0.15, 0.2) is 0 Å². The zero-order valence-corrected chi connectivity index (χ0v) is 23.3. The van der Waals surface area contributed by atoms with Crippen LogP contribution in [-0.4, -0.2) is 44.7 Å². The summed E-state index contributed by atoms with van der Waals surface area (Å²) >= 11 is 0. The standard InChI is InChI=1S/C15H27NO3.C9H18O.2C2H6/c1-11(2)15(18)12-6-8-13(9-7-12)16-14(17)5-4-10-19-3;1-2-10-8-9-6-4-3-5-7-9;2*1-2/h11-13H,4-10H2,1-3H3,(H,16,17);9H,2-8H2,1H3;2*1-2H3. The molecule has 0 radical (unpaired) electrons. The fourth-order valence-electron chi connectivity index (χ4n) is 4.31. The van der Waals surface area contributed by atoms with Crippen molar-refractivity contribution in [2.24, 2.45) is 17.8 Å². The summed E-state index contributed by atoms with van der Waals surface area (Å²) in [4.78, 5) is 23.6. The molecule has 0 bridgehead atoms. The summed E-state index contributed by atoms with van der Waals surface area (Å²) in [6.45, 7) is 16.5. The van der Waals surface area contributed by atoms with E-state index >= 15 is 0 Å². The Balaban J connectivity index is 0. The van der Waals surface area contributed by atoms with Crippen LogP contribution in [0.5, 0.6) is 0 Å². The van der Waals surface area contributed by atoms with Crippen LogP contribution < -0.4 is 5.32 Å². The molecule has 5 heteroatoms. The SMILES string of the molecule is CC.CC.CCOCC1CCCCC1.COCCCC(=O)NC1CCC(C(=O)C(C)C)CC1. The third-order valence-electron chi connectivity index (χ3n) is 6.10. The first-order valence-electron chi connectivity index (χ1n) is 13.9. The van der Waals surface area contributed by atoms with Gasteiger partial charge in [-0.1, -0.05) is 60.8 Å². The number of carbonyl (C=O) groups is 2. The van der Waals surface area contributed by atoms with E-state index in [1.165, 1.54) is 32.1 Å². The smallest absolute Gasteiger partial charge is 0.220 e. The zero-order chi connectivity index (χ0) is 25.5. The zero-order valence-electron chi connectivity index (χ0n) is 23.3. The van der Waals surface area contributed by atoms with E-state index in [1.54, 1.807) is 7.11 Å². The van der Waals surface area contributed by atoms with Crippen molar-refractivity contribution in [3.8, 4) is 0 Å². The molecule has 198 valence electrons. The van der Waals surface area contributed by atoms with E-state index in [0.717, 1.165) is 51.2 Å². The summed E-state index contributed by atoms with van der Waals surface area (Å²) in [6.07, 6.45) is 12.1. The maximum absolute atomic E-state index is 11.9. The molecule has 0 aromatic carbocycles. The van der Waals surface area contributed by atoms with Crippen molar-refractivity contribution in [3.05, 3.63) is 0 Å². The average molecular weight is 472 g/mol. The largest absolute Gasteiger partial charge is 0.385 e. The highest BCUT2D eigenvalue weighted by Crippen LogP contribution is 2.27. The second-order valence-corrected chi connectivity index (χ2v) is 8.93. The Morgan fingerprint density at radius 2 is 1.48 bits per heavy atom. The predicted molar refractivity (Wildman–Crippen MR) is 141 cm³/mol. The molecule has 1 N–H and O–H groups in total. The normalized spacial score (nSPS) is 20.3. The van der Waals surface area contributed by atoms with Crippen LogP contribution in [0.15, 0.2) is 0 Å². The third-order valence-corrected chi connectivity index (χ3v) is 6.10. The maximum atomic E-state index is 11.9. The van der Waals surface area contributed by atoms with E-state index in [4.69, 9.17) is 9.47 Å². The molecule has 0 saturated heterocycles. The number of hydrogen-bond donors (Lipinski definition) is 1. The van der Waals surface area contributed by atoms with Crippen molar-refractivity contribution in [2.75, 3.05) is 26.9 Å². The predicted octanol–water partition coefficient (Wildman–Crippen LogP) is 6.97. The summed E-state index contributed by atoms with van der Waals surface area (Å²) in [5.41, 5.74) is 0. The fourth-order valence-corrected chi connectivity index (χ4v) is 4.31. The Morgan fingerprint density at radius 1 is 0.909 bits per heavy atom. The summed E-state index contributed by atoms with van der Waals surface area (Å²) in [5, 5.41) is 3.06. The van der Waals surface area contributed by atoms with Crippen molar-refractivity contribution >= 4 is 11.7 Å². The van der Waals surface area contributed by atoms with Crippen molar-refractivity contribution in [2.45, 2.75) is 125 Å². The van der Waals surface area contributed by atoms with Crippen molar-refractivity contribution in [1.29, 1.82) is 0 Å². The van der Waals surface area contributed by atoms with Crippen LogP contribution in [0, 0.1) is 17.8 Å². The summed E-state index contributed by atoms with van der Waals surface area (Å²) in [7, 11) is 1.64. The first-order valence-corrected chi connectivity index (χ1v) is 13.9. The molecule has 2 aliphatic carbocycles. The molecule has 0 heterocycles. The van der Waals surface area contributed by atoms with E-state index in [9.17, 15) is 9.59 Å². The van der Waals surface area contributed by atoms with E-state index in [0.29, 0.717) is 18.8 Å². The molecule has 2 saturated carbocycles. The van der Waals surface area contributed by atoms with Gasteiger partial charge < -0.3 is 14.8 Å². The Labute approximate surface area is 206 Å². The highest BCUT2D eigenvalue weighted by atomic mass is 16.5. The topological polar surface area (TPSA) is 64.6 Å². The van der Waals surface area contributed by atoms with Gasteiger partial charge >= 0.3 is 0 Å². The van der Waals surface area contributed by atoms with E-state index in [1.807, 2.05) is 41.5 Å². The molecular weight excluding hydrogens is 414 g/mol. The monoisotopic (exact) mass is 471 g/mol. The molecule has 2 rings (SSSR count). The number of ketones is 1. The van der Waals surface area contributed by atoms with Gasteiger partial charge in [0.2, 0.25) is 5.91 Å². The second kappa shape index (κ2) is 24.2. The maximum Gasteiger partial charge on any atom is 0.220 e. The van der Waals surface area contributed by atoms with E-state index in [-0.39, 0.29) is 23.8 Å². The molecule has 2 aliphatic rings. The minimum absolute atomic E-state index is 0.107. The van der Waals surface area contributed by atoms with Crippen LogP contribution in [0.1, 0.15) is 119 Å². The lowest BCUT2D eigenvalue weighted by Gasteiger charge is -2.29. The van der Waals surface area contributed by atoms with Crippen LogP contribution in [0.25, 0.3) is 0 Å². The van der Waals surface area contributed by atoms with Crippen LogP contribution in [0.4, 0.5) is 0 Å². The molecule has 1 amide bonds. The Kier molecular flexibility index (Phi) is 25.1. The van der Waals surface area contributed by atoms with Crippen molar-refractivity contribution < 1.29 is 19.1 Å². The lowest BCUT2D eigenvalue weighted by Crippen LogP contribution is -2.39. The molecule has 0 aromatic heterocycles. The number of methoxy groups -OCH3 is 1. The highest BCUT2D eigenvalue weighted by molar-refractivity contribution is 5.83. The van der Waals surface area contributed by atoms with Gasteiger partial charge in [0, 0.05) is 51.2 Å².